The number of nitrogens with one attached hydrogen (secondary N) is 1. The highest BCUT2D eigenvalue weighted by Gasteiger charge is 2.06. The largest absolute Gasteiger partial charge is 0.457 e. The van der Waals surface area contributed by atoms with Gasteiger partial charge in [-0.05, 0) is 53.2 Å². The monoisotopic (exact) mass is 332 g/mol. The van der Waals surface area contributed by atoms with Crippen molar-refractivity contribution in [2.45, 2.75) is 13.5 Å². The lowest BCUT2D eigenvalue weighted by atomic mass is 10.2. The molecule has 4 aromatic rings. The minimum Gasteiger partial charge on any atom is -0.457 e. The maximum absolute atomic E-state index is 6.04. The van der Waals surface area contributed by atoms with Crippen LogP contribution in [0.15, 0.2) is 60.7 Å². The van der Waals surface area contributed by atoms with E-state index in [0.29, 0.717) is 18.0 Å². The molecule has 4 rings (SSSR count). The van der Waals surface area contributed by atoms with Crippen molar-refractivity contribution >= 4 is 11.5 Å². The number of tetrazole rings is 1. The number of hydrogen-bond acceptors (Lipinski definition) is 6. The average Bonchev–Trinajstić information content (AvgIpc) is 3.09. The van der Waals surface area contributed by atoms with Gasteiger partial charge in [-0.3, -0.25) is 0 Å². The van der Waals surface area contributed by atoms with Crippen LogP contribution in [0.3, 0.4) is 0 Å². The van der Waals surface area contributed by atoms with E-state index >= 15 is 0 Å². The zero-order chi connectivity index (χ0) is 17.1. The molecule has 7 heteroatoms. The molecule has 0 saturated carbocycles. The Bertz CT molecular complexity index is 1010. The molecule has 0 fully saturated rings. The molecule has 1 N–H and O–H groups in total. The molecular weight excluding hydrogens is 316 g/mol. The normalized spacial score (nSPS) is 10.8. The number of rotatable bonds is 5. The third kappa shape index (κ3) is 3.40. The third-order valence-corrected chi connectivity index (χ3v) is 3.72. The van der Waals surface area contributed by atoms with E-state index in [1.54, 1.807) is 0 Å². The Kier molecular flexibility index (Phi) is 3.96. The molecule has 25 heavy (non-hydrogen) atoms. The molecule has 0 aliphatic heterocycles. The van der Waals surface area contributed by atoms with E-state index in [1.165, 1.54) is 4.63 Å². The molecule has 0 aliphatic carbocycles. The number of ether oxygens (including phenoxy) is 1. The van der Waals surface area contributed by atoms with Crippen LogP contribution in [0.5, 0.6) is 11.5 Å². The highest BCUT2D eigenvalue weighted by Crippen LogP contribution is 2.26. The summed E-state index contributed by atoms with van der Waals surface area (Å²) in [6.45, 7) is 2.61. The quantitative estimate of drug-likeness (QED) is 0.604. The Morgan fingerprint density at radius 1 is 1.04 bits per heavy atom. The van der Waals surface area contributed by atoms with Gasteiger partial charge in [0.2, 0.25) is 0 Å². The molecular formula is C18H16N6O. The molecule has 0 unspecified atom stereocenters. The molecule has 2 aromatic carbocycles. The summed E-state index contributed by atoms with van der Waals surface area (Å²) < 4.78 is 7.43. The SMILES string of the molecule is Cc1cccc(Oc2ccccc2CNc2ccc3nnnn3n2)c1. The highest BCUT2D eigenvalue weighted by molar-refractivity contribution is 5.45. The summed E-state index contributed by atoms with van der Waals surface area (Å²) in [4.78, 5) is 0. The van der Waals surface area contributed by atoms with Gasteiger partial charge in [0.1, 0.15) is 17.3 Å². The second-order valence-electron chi connectivity index (χ2n) is 5.62. The summed E-state index contributed by atoms with van der Waals surface area (Å²) >= 11 is 0. The molecule has 0 bridgehead atoms. The first-order valence-corrected chi connectivity index (χ1v) is 7.90. The summed E-state index contributed by atoms with van der Waals surface area (Å²) in [6, 6.07) is 19.6. The van der Waals surface area contributed by atoms with Gasteiger partial charge in [-0.15, -0.1) is 14.8 Å². The van der Waals surface area contributed by atoms with Crippen LogP contribution >= 0.6 is 0 Å². The van der Waals surface area contributed by atoms with Gasteiger partial charge in [0.05, 0.1) is 0 Å². The smallest absolute Gasteiger partial charge is 0.200 e. The fraction of sp³-hybridized carbons (Fsp3) is 0.111. The van der Waals surface area contributed by atoms with Crippen molar-refractivity contribution in [3.8, 4) is 11.5 Å². The lowest BCUT2D eigenvalue weighted by Crippen LogP contribution is -2.05. The summed E-state index contributed by atoms with van der Waals surface area (Å²) in [5.74, 6) is 2.31. The molecule has 0 atom stereocenters. The molecule has 0 aliphatic rings. The molecule has 0 amide bonds. The van der Waals surface area contributed by atoms with E-state index in [2.05, 4.69) is 25.9 Å². The van der Waals surface area contributed by atoms with E-state index in [-0.39, 0.29) is 0 Å². The van der Waals surface area contributed by atoms with Crippen molar-refractivity contribution < 1.29 is 4.74 Å². The van der Waals surface area contributed by atoms with Crippen molar-refractivity contribution in [3.05, 3.63) is 71.8 Å². The van der Waals surface area contributed by atoms with E-state index in [4.69, 9.17) is 4.74 Å². The van der Waals surface area contributed by atoms with Gasteiger partial charge in [-0.25, -0.2) is 0 Å². The topological polar surface area (TPSA) is 77.2 Å². The number of para-hydroxylation sites is 1. The Balaban J connectivity index is 1.52. The van der Waals surface area contributed by atoms with Crippen LogP contribution in [0, 0.1) is 6.92 Å². The maximum Gasteiger partial charge on any atom is 0.200 e. The minimum atomic E-state index is 0.572. The Morgan fingerprint density at radius 3 is 2.88 bits per heavy atom. The number of aryl methyl sites for hydroxylation is 1. The zero-order valence-electron chi connectivity index (χ0n) is 13.6. The van der Waals surface area contributed by atoms with Gasteiger partial charge in [-0.2, -0.15) is 0 Å². The van der Waals surface area contributed by atoms with Gasteiger partial charge in [0, 0.05) is 12.1 Å². The van der Waals surface area contributed by atoms with Crippen LogP contribution in [0.2, 0.25) is 0 Å². The van der Waals surface area contributed by atoms with E-state index in [0.717, 1.165) is 22.6 Å². The number of anilines is 1. The first-order valence-electron chi connectivity index (χ1n) is 7.90. The number of benzene rings is 2. The first-order chi connectivity index (χ1) is 12.3. The van der Waals surface area contributed by atoms with E-state index in [9.17, 15) is 0 Å². The van der Waals surface area contributed by atoms with Crippen molar-refractivity contribution in [3.63, 3.8) is 0 Å². The molecule has 7 nitrogen and oxygen atoms in total. The van der Waals surface area contributed by atoms with Gasteiger partial charge < -0.3 is 10.1 Å². The average molecular weight is 332 g/mol. The molecule has 0 spiro atoms. The van der Waals surface area contributed by atoms with Crippen LogP contribution in [0.1, 0.15) is 11.1 Å². The number of hydrogen-bond donors (Lipinski definition) is 1. The Morgan fingerprint density at radius 2 is 1.96 bits per heavy atom. The van der Waals surface area contributed by atoms with Gasteiger partial charge >= 0.3 is 0 Å². The molecule has 2 heterocycles. The number of fused-ring (bicyclic) bond motifs is 1. The Labute approximate surface area is 144 Å². The first kappa shape index (κ1) is 15.1. The summed E-state index contributed by atoms with van der Waals surface area (Å²) in [5, 5.41) is 18.8. The van der Waals surface area contributed by atoms with Crippen molar-refractivity contribution in [2.75, 3.05) is 5.32 Å². The molecule has 0 saturated heterocycles. The van der Waals surface area contributed by atoms with E-state index < -0.39 is 0 Å². The summed E-state index contributed by atoms with van der Waals surface area (Å²) in [5.41, 5.74) is 2.79. The number of nitrogens with zero attached hydrogens (tertiary/aromatic N) is 5. The van der Waals surface area contributed by atoms with Crippen LogP contribution < -0.4 is 10.1 Å². The third-order valence-electron chi connectivity index (χ3n) is 3.72. The molecule has 124 valence electrons. The Hall–Kier alpha value is -3.48. The lowest BCUT2D eigenvalue weighted by Gasteiger charge is -2.12. The summed E-state index contributed by atoms with van der Waals surface area (Å²) in [7, 11) is 0. The fourth-order valence-electron chi connectivity index (χ4n) is 2.48. The standard InChI is InChI=1S/C18H16N6O/c1-13-5-4-7-15(11-13)25-16-8-3-2-6-14(16)12-19-17-9-10-18-20-22-23-24(18)21-17/h2-11H,12H2,1H3,(H,19,21). The van der Waals surface area contributed by atoms with Crippen molar-refractivity contribution in [1.29, 1.82) is 0 Å². The maximum atomic E-state index is 6.04. The van der Waals surface area contributed by atoms with Crippen LogP contribution in [0.25, 0.3) is 5.65 Å². The highest BCUT2D eigenvalue weighted by atomic mass is 16.5. The predicted octanol–water partition coefficient (Wildman–Crippen LogP) is 3.23. The van der Waals surface area contributed by atoms with Gasteiger partial charge in [0.25, 0.3) is 0 Å². The van der Waals surface area contributed by atoms with Crippen molar-refractivity contribution in [2.24, 2.45) is 0 Å². The van der Waals surface area contributed by atoms with Crippen LogP contribution in [-0.2, 0) is 6.54 Å². The number of aromatic nitrogens is 5. The van der Waals surface area contributed by atoms with E-state index in [1.807, 2.05) is 67.6 Å². The van der Waals surface area contributed by atoms with Crippen molar-refractivity contribution in [1.82, 2.24) is 25.3 Å². The zero-order valence-corrected chi connectivity index (χ0v) is 13.6. The van der Waals surface area contributed by atoms with Gasteiger partial charge in [-0.1, -0.05) is 30.3 Å². The predicted molar refractivity (Wildman–Crippen MR) is 93.6 cm³/mol. The fourth-order valence-corrected chi connectivity index (χ4v) is 2.48. The van der Waals surface area contributed by atoms with Crippen LogP contribution in [0.4, 0.5) is 5.82 Å². The minimum absolute atomic E-state index is 0.572. The molecule has 2 aromatic heterocycles. The second-order valence-corrected chi connectivity index (χ2v) is 5.62. The second kappa shape index (κ2) is 6.56. The lowest BCUT2D eigenvalue weighted by molar-refractivity contribution is 0.476. The summed E-state index contributed by atoms with van der Waals surface area (Å²) in [6.07, 6.45) is 0. The molecule has 0 radical (unpaired) electrons. The van der Waals surface area contributed by atoms with Gasteiger partial charge in [0.15, 0.2) is 5.65 Å². The van der Waals surface area contributed by atoms with Crippen LogP contribution in [-0.4, -0.2) is 25.3 Å².